The molecule has 0 spiro atoms. The number of halogens is 1. The largest absolute Gasteiger partial charge is 0.479 e. The van der Waals surface area contributed by atoms with Gasteiger partial charge in [-0.25, -0.2) is 0 Å². The number of nitrogens with zero attached hydrogens (tertiary/aromatic N) is 5. The van der Waals surface area contributed by atoms with Gasteiger partial charge in [0.25, 0.3) is 0 Å². The molecule has 3 aromatic rings. The highest BCUT2D eigenvalue weighted by Gasteiger charge is 2.54. The quantitative estimate of drug-likeness (QED) is 0.392. The Morgan fingerprint density at radius 2 is 1.94 bits per heavy atom. The fraction of sp³-hybridized carbons (Fsp3) is 0.409. The number of tetrazole rings is 1. The molecule has 0 saturated carbocycles. The summed E-state index contributed by atoms with van der Waals surface area (Å²) in [5.74, 6) is 1.04. The van der Waals surface area contributed by atoms with E-state index in [9.17, 15) is 5.11 Å². The maximum atomic E-state index is 11.8. The molecule has 0 saturated heterocycles. The summed E-state index contributed by atoms with van der Waals surface area (Å²) in [5.41, 5.74) is 6.93. The van der Waals surface area contributed by atoms with Crippen molar-refractivity contribution in [3.63, 3.8) is 0 Å². The molecule has 3 N–H and O–H groups in total. The Labute approximate surface area is 196 Å². The van der Waals surface area contributed by atoms with Crippen LogP contribution in [0.5, 0.6) is 5.75 Å². The molecule has 1 aliphatic rings. The molecule has 0 bridgehead atoms. The van der Waals surface area contributed by atoms with Crippen LogP contribution in [0.1, 0.15) is 24.4 Å². The first-order chi connectivity index (χ1) is 15.8. The highest BCUT2D eigenvalue weighted by atomic mass is 35.5. The molecule has 0 radical (unpaired) electrons. The number of rotatable bonds is 7. The number of aryl methyl sites for hydroxylation is 1. The Balaban J connectivity index is 1.89. The lowest BCUT2D eigenvalue weighted by Crippen LogP contribution is -2.62. The zero-order chi connectivity index (χ0) is 23.8. The molecular formula is C22H27ClN6O4. The third kappa shape index (κ3) is 4.34. The van der Waals surface area contributed by atoms with Gasteiger partial charge in [-0.2, -0.15) is 4.80 Å². The summed E-state index contributed by atoms with van der Waals surface area (Å²) >= 11 is 6.15. The predicted octanol–water partition coefficient (Wildman–Crippen LogP) is 2.32. The van der Waals surface area contributed by atoms with Crippen LogP contribution < -0.4 is 15.4 Å². The van der Waals surface area contributed by atoms with E-state index in [-0.39, 0.29) is 6.54 Å². The van der Waals surface area contributed by atoms with Crippen molar-refractivity contribution in [2.75, 3.05) is 24.9 Å². The number of aliphatic hydroxyl groups is 1. The minimum Gasteiger partial charge on any atom is -0.479 e. The summed E-state index contributed by atoms with van der Waals surface area (Å²) in [5, 5.41) is 24.8. The van der Waals surface area contributed by atoms with Gasteiger partial charge in [-0.1, -0.05) is 11.6 Å². The number of anilines is 2. The molecule has 0 unspecified atom stereocenters. The van der Waals surface area contributed by atoms with Gasteiger partial charge in [-0.05, 0) is 54.6 Å². The zero-order valence-electron chi connectivity index (χ0n) is 18.8. The van der Waals surface area contributed by atoms with E-state index in [0.29, 0.717) is 27.8 Å². The number of aromatic nitrogens is 4. The number of aliphatic hydroxyl groups excluding tert-OH is 1. The van der Waals surface area contributed by atoms with Gasteiger partial charge in [-0.15, -0.1) is 10.2 Å². The zero-order valence-corrected chi connectivity index (χ0v) is 19.6. The second-order valence-corrected chi connectivity index (χ2v) is 8.51. The number of ether oxygens (including phenoxy) is 3. The summed E-state index contributed by atoms with van der Waals surface area (Å²) in [6.07, 6.45) is -1.94. The van der Waals surface area contributed by atoms with Crippen LogP contribution in [-0.2, 0) is 23.1 Å². The van der Waals surface area contributed by atoms with Crippen LogP contribution in [0.3, 0.4) is 0 Å². The minimum atomic E-state index is -1.24. The van der Waals surface area contributed by atoms with Crippen molar-refractivity contribution >= 4 is 23.0 Å². The first kappa shape index (κ1) is 23.2. The van der Waals surface area contributed by atoms with E-state index in [2.05, 4.69) is 15.4 Å². The van der Waals surface area contributed by atoms with E-state index in [1.807, 2.05) is 17.0 Å². The van der Waals surface area contributed by atoms with Crippen LogP contribution in [-0.4, -0.2) is 57.5 Å². The molecule has 1 aromatic heterocycles. The normalized spacial score (nSPS) is 22.2. The number of fused-ring (bicyclic) bond motifs is 1. The fourth-order valence-corrected chi connectivity index (χ4v) is 4.41. The predicted molar refractivity (Wildman–Crippen MR) is 123 cm³/mol. The van der Waals surface area contributed by atoms with Crippen molar-refractivity contribution in [2.24, 2.45) is 7.05 Å². The highest BCUT2D eigenvalue weighted by Crippen LogP contribution is 2.47. The average molecular weight is 475 g/mol. The molecule has 0 fully saturated rings. The van der Waals surface area contributed by atoms with Gasteiger partial charge in [0.2, 0.25) is 0 Å². The van der Waals surface area contributed by atoms with Crippen molar-refractivity contribution in [1.29, 1.82) is 0 Å². The number of nitrogens with two attached hydrogens (primary N) is 1. The Kier molecular flexibility index (Phi) is 6.44. The van der Waals surface area contributed by atoms with Crippen molar-refractivity contribution in [3.8, 4) is 5.75 Å². The smallest absolute Gasteiger partial charge is 0.199 e. The lowest BCUT2D eigenvalue weighted by Gasteiger charge is -2.49. The van der Waals surface area contributed by atoms with Gasteiger partial charge in [0.1, 0.15) is 11.9 Å². The molecule has 11 heteroatoms. The Morgan fingerprint density at radius 3 is 2.55 bits per heavy atom. The molecule has 0 aliphatic carbocycles. The van der Waals surface area contributed by atoms with Crippen LogP contribution in [0, 0.1) is 0 Å². The SMILES string of the molecule is COC(OC)[C@@]1(C)Oc2ccc(N)cc2[C@@H](N(Cc2nnn(C)n2)c2ccc(Cl)cc2)[C@H]1O. The topological polar surface area (TPSA) is 121 Å². The number of hydrogen-bond donors (Lipinski definition) is 2. The van der Waals surface area contributed by atoms with Crippen LogP contribution in [0.25, 0.3) is 0 Å². The summed E-state index contributed by atoms with van der Waals surface area (Å²) in [4.78, 5) is 3.36. The third-order valence-corrected chi connectivity index (χ3v) is 6.07. The Bertz CT molecular complexity index is 1110. The van der Waals surface area contributed by atoms with Crippen LogP contribution in [0.15, 0.2) is 42.5 Å². The highest BCUT2D eigenvalue weighted by molar-refractivity contribution is 6.30. The molecule has 176 valence electrons. The van der Waals surface area contributed by atoms with Crippen molar-refractivity contribution < 1.29 is 19.3 Å². The van der Waals surface area contributed by atoms with Crippen molar-refractivity contribution in [3.05, 3.63) is 58.9 Å². The summed E-state index contributed by atoms with van der Waals surface area (Å²) in [6, 6.07) is 12.0. The number of methoxy groups -OCH3 is 2. The Hall–Kier alpha value is -2.92. The van der Waals surface area contributed by atoms with Gasteiger partial charge < -0.3 is 30.0 Å². The molecule has 2 aromatic carbocycles. The van der Waals surface area contributed by atoms with Crippen LogP contribution >= 0.6 is 11.6 Å². The first-order valence-corrected chi connectivity index (χ1v) is 10.7. The van der Waals surface area contributed by atoms with E-state index in [1.165, 1.54) is 19.0 Å². The second-order valence-electron chi connectivity index (χ2n) is 8.08. The molecule has 33 heavy (non-hydrogen) atoms. The van der Waals surface area contributed by atoms with E-state index < -0.39 is 24.0 Å². The molecule has 3 atom stereocenters. The van der Waals surface area contributed by atoms with Crippen LogP contribution in [0.2, 0.25) is 5.02 Å². The van der Waals surface area contributed by atoms with E-state index >= 15 is 0 Å². The number of hydrogen-bond acceptors (Lipinski definition) is 9. The molecule has 1 aliphatic heterocycles. The molecule has 0 amide bonds. The van der Waals surface area contributed by atoms with Crippen molar-refractivity contribution in [1.82, 2.24) is 20.2 Å². The van der Waals surface area contributed by atoms with E-state index in [1.54, 1.807) is 44.3 Å². The second kappa shape index (κ2) is 9.14. The number of nitrogen functional groups attached to an aromatic ring is 1. The monoisotopic (exact) mass is 474 g/mol. The molecule has 2 heterocycles. The molecular weight excluding hydrogens is 448 g/mol. The summed E-state index contributed by atoms with van der Waals surface area (Å²) in [6.45, 7) is 2.01. The van der Waals surface area contributed by atoms with Gasteiger partial charge in [0, 0.05) is 36.2 Å². The van der Waals surface area contributed by atoms with Gasteiger partial charge in [0.05, 0.1) is 19.6 Å². The lowest BCUT2D eigenvalue weighted by atomic mass is 9.83. The maximum absolute atomic E-state index is 11.8. The van der Waals surface area contributed by atoms with Crippen molar-refractivity contribution in [2.45, 2.75) is 37.5 Å². The average Bonchev–Trinajstić information content (AvgIpc) is 3.20. The van der Waals surface area contributed by atoms with Gasteiger partial charge >= 0.3 is 0 Å². The van der Waals surface area contributed by atoms with Crippen LogP contribution in [0.4, 0.5) is 11.4 Å². The standard InChI is InChI=1S/C22H27ClN6O4/c1-22(21(31-3)32-4)20(30)19(16-11-14(24)7-10-17(16)33-22)29(12-18-25-27-28(2)26-18)15-8-5-13(23)6-9-15/h5-11,19-21,30H,12,24H2,1-4H3/t19-,20-,22+/m1/s1. The summed E-state index contributed by atoms with van der Waals surface area (Å²) in [7, 11) is 4.70. The van der Waals surface area contributed by atoms with E-state index in [0.717, 1.165) is 5.69 Å². The molecule has 10 nitrogen and oxygen atoms in total. The molecule has 4 rings (SSSR count). The summed E-state index contributed by atoms with van der Waals surface area (Å²) < 4.78 is 17.3. The number of benzene rings is 2. The first-order valence-electron chi connectivity index (χ1n) is 10.3. The Morgan fingerprint density at radius 1 is 1.24 bits per heavy atom. The third-order valence-electron chi connectivity index (χ3n) is 5.82. The fourth-order valence-electron chi connectivity index (χ4n) is 4.28. The van der Waals surface area contributed by atoms with Gasteiger partial charge in [-0.3, -0.25) is 0 Å². The lowest BCUT2D eigenvalue weighted by molar-refractivity contribution is -0.237. The minimum absolute atomic E-state index is 0.256. The van der Waals surface area contributed by atoms with E-state index in [4.69, 9.17) is 31.5 Å². The maximum Gasteiger partial charge on any atom is 0.199 e. The van der Waals surface area contributed by atoms with Gasteiger partial charge in [0.15, 0.2) is 17.7 Å².